The molecule has 100 valence electrons. The molecule has 1 aromatic rings. The van der Waals surface area contributed by atoms with Gasteiger partial charge in [-0.2, -0.15) is 4.98 Å². The first kappa shape index (κ1) is 12.1. The van der Waals surface area contributed by atoms with Crippen LogP contribution in [0.4, 0.5) is 0 Å². The first-order valence-electron chi connectivity index (χ1n) is 7.00. The summed E-state index contributed by atoms with van der Waals surface area (Å²) in [6.07, 6.45) is 2.67. The fourth-order valence-corrected chi connectivity index (χ4v) is 3.03. The lowest BCUT2D eigenvalue weighted by Crippen LogP contribution is -2.40. The molecule has 3 rings (SSSR count). The second-order valence-electron chi connectivity index (χ2n) is 5.86. The van der Waals surface area contributed by atoms with E-state index in [4.69, 9.17) is 4.52 Å². The van der Waals surface area contributed by atoms with Gasteiger partial charge in [0, 0.05) is 25.0 Å². The topological polar surface area (TPSA) is 54.2 Å². The molecule has 0 radical (unpaired) electrons. The highest BCUT2D eigenvalue weighted by Crippen LogP contribution is 2.25. The van der Waals surface area contributed by atoms with Crippen LogP contribution >= 0.6 is 0 Å². The lowest BCUT2D eigenvalue weighted by atomic mass is 9.94. The summed E-state index contributed by atoms with van der Waals surface area (Å²) in [5.74, 6) is 2.71. The average molecular weight is 250 g/mol. The Kier molecular flexibility index (Phi) is 3.35. The van der Waals surface area contributed by atoms with E-state index in [0.717, 1.165) is 30.7 Å². The summed E-state index contributed by atoms with van der Waals surface area (Å²) < 4.78 is 5.25. The van der Waals surface area contributed by atoms with Crippen LogP contribution in [0.15, 0.2) is 4.52 Å². The molecular weight excluding hydrogens is 228 g/mol. The van der Waals surface area contributed by atoms with Gasteiger partial charge in [-0.1, -0.05) is 19.0 Å². The summed E-state index contributed by atoms with van der Waals surface area (Å²) >= 11 is 0. The number of likely N-dealkylation sites (tertiary alicyclic amines) is 1. The third-order valence-corrected chi connectivity index (χ3v) is 4.02. The monoisotopic (exact) mass is 250 g/mol. The van der Waals surface area contributed by atoms with E-state index in [1.807, 2.05) is 0 Å². The summed E-state index contributed by atoms with van der Waals surface area (Å²) in [7, 11) is 0. The summed E-state index contributed by atoms with van der Waals surface area (Å²) in [5.41, 5.74) is 0. The first-order valence-corrected chi connectivity index (χ1v) is 7.00. The number of rotatable bonds is 3. The van der Waals surface area contributed by atoms with Crippen LogP contribution in [-0.4, -0.2) is 40.7 Å². The molecule has 18 heavy (non-hydrogen) atoms. The molecule has 3 heterocycles. The van der Waals surface area contributed by atoms with Crippen molar-refractivity contribution in [1.29, 1.82) is 0 Å². The highest BCUT2D eigenvalue weighted by Gasteiger charge is 2.34. The summed E-state index contributed by atoms with van der Waals surface area (Å²) in [6, 6.07) is 0.676. The van der Waals surface area contributed by atoms with E-state index in [2.05, 4.69) is 34.2 Å². The number of piperidine rings is 1. The number of hydrogen-bond acceptors (Lipinski definition) is 5. The van der Waals surface area contributed by atoms with Crippen LogP contribution in [0.5, 0.6) is 0 Å². The SMILES string of the molecule is CC(C)c1nc(CN2CC3CCCNC3C2)no1. The van der Waals surface area contributed by atoms with Crippen LogP contribution in [-0.2, 0) is 6.54 Å². The maximum absolute atomic E-state index is 5.25. The molecule has 2 atom stereocenters. The van der Waals surface area contributed by atoms with Crippen molar-refractivity contribution in [3.63, 3.8) is 0 Å². The van der Waals surface area contributed by atoms with Gasteiger partial charge in [-0.3, -0.25) is 4.90 Å². The standard InChI is InChI=1S/C13H22N4O/c1-9(2)13-15-12(16-18-13)8-17-6-10-4-3-5-14-11(10)7-17/h9-11,14H,3-8H2,1-2H3. The Labute approximate surface area is 108 Å². The molecule has 0 spiro atoms. The number of hydrogen-bond donors (Lipinski definition) is 1. The fourth-order valence-electron chi connectivity index (χ4n) is 3.03. The third-order valence-electron chi connectivity index (χ3n) is 4.02. The molecule has 2 aliphatic heterocycles. The molecule has 2 fully saturated rings. The van der Waals surface area contributed by atoms with E-state index >= 15 is 0 Å². The summed E-state index contributed by atoms with van der Waals surface area (Å²) in [5, 5.41) is 7.68. The number of aromatic nitrogens is 2. The summed E-state index contributed by atoms with van der Waals surface area (Å²) in [4.78, 5) is 6.90. The molecule has 2 saturated heterocycles. The van der Waals surface area contributed by atoms with E-state index in [1.165, 1.54) is 25.9 Å². The minimum atomic E-state index is 0.314. The number of nitrogens with one attached hydrogen (secondary N) is 1. The summed E-state index contributed by atoms with van der Waals surface area (Å²) in [6.45, 7) is 8.44. The Morgan fingerprint density at radius 2 is 2.33 bits per heavy atom. The van der Waals surface area contributed by atoms with Gasteiger partial charge in [-0.25, -0.2) is 0 Å². The van der Waals surface area contributed by atoms with Crippen LogP contribution in [0.25, 0.3) is 0 Å². The lowest BCUT2D eigenvalue weighted by Gasteiger charge is -2.24. The van der Waals surface area contributed by atoms with E-state index < -0.39 is 0 Å². The molecule has 0 amide bonds. The molecule has 2 aliphatic rings. The van der Waals surface area contributed by atoms with Crippen molar-refractivity contribution in [1.82, 2.24) is 20.4 Å². The van der Waals surface area contributed by atoms with Crippen molar-refractivity contribution in [3.05, 3.63) is 11.7 Å². The van der Waals surface area contributed by atoms with Crippen molar-refractivity contribution in [2.45, 2.75) is 45.2 Å². The van der Waals surface area contributed by atoms with Gasteiger partial charge in [0.15, 0.2) is 5.82 Å². The number of nitrogens with zero attached hydrogens (tertiary/aromatic N) is 3. The lowest BCUT2D eigenvalue weighted by molar-refractivity contribution is 0.295. The Balaban J connectivity index is 1.59. The van der Waals surface area contributed by atoms with Gasteiger partial charge in [0.1, 0.15) is 0 Å². The minimum absolute atomic E-state index is 0.314. The third kappa shape index (κ3) is 2.42. The molecule has 5 heteroatoms. The van der Waals surface area contributed by atoms with Crippen LogP contribution in [0.3, 0.4) is 0 Å². The van der Waals surface area contributed by atoms with Crippen molar-refractivity contribution in [2.24, 2.45) is 5.92 Å². The molecular formula is C13H22N4O. The van der Waals surface area contributed by atoms with Crippen LogP contribution in [0, 0.1) is 5.92 Å². The van der Waals surface area contributed by atoms with E-state index in [-0.39, 0.29) is 0 Å². The Morgan fingerprint density at radius 3 is 3.06 bits per heavy atom. The zero-order chi connectivity index (χ0) is 12.5. The van der Waals surface area contributed by atoms with Gasteiger partial charge in [0.25, 0.3) is 0 Å². The molecule has 5 nitrogen and oxygen atoms in total. The minimum Gasteiger partial charge on any atom is -0.339 e. The van der Waals surface area contributed by atoms with Gasteiger partial charge in [0.05, 0.1) is 6.54 Å². The predicted octanol–water partition coefficient (Wildman–Crippen LogP) is 1.38. The Bertz CT molecular complexity index is 389. The second-order valence-corrected chi connectivity index (χ2v) is 5.86. The zero-order valence-corrected chi connectivity index (χ0v) is 11.2. The van der Waals surface area contributed by atoms with Gasteiger partial charge in [-0.15, -0.1) is 0 Å². The molecule has 0 aromatic carbocycles. The van der Waals surface area contributed by atoms with E-state index in [0.29, 0.717) is 12.0 Å². The molecule has 0 bridgehead atoms. The van der Waals surface area contributed by atoms with E-state index in [1.54, 1.807) is 0 Å². The van der Waals surface area contributed by atoms with Crippen molar-refractivity contribution in [3.8, 4) is 0 Å². The maximum Gasteiger partial charge on any atom is 0.229 e. The average Bonchev–Trinajstić information content (AvgIpc) is 2.94. The quantitative estimate of drug-likeness (QED) is 0.878. The molecule has 1 aromatic heterocycles. The van der Waals surface area contributed by atoms with Crippen molar-refractivity contribution in [2.75, 3.05) is 19.6 Å². The largest absolute Gasteiger partial charge is 0.339 e. The van der Waals surface area contributed by atoms with Gasteiger partial charge >= 0.3 is 0 Å². The molecule has 0 aliphatic carbocycles. The predicted molar refractivity (Wildman–Crippen MR) is 68.2 cm³/mol. The van der Waals surface area contributed by atoms with Crippen molar-refractivity contribution >= 4 is 0 Å². The van der Waals surface area contributed by atoms with Crippen LogP contribution in [0.2, 0.25) is 0 Å². The highest BCUT2D eigenvalue weighted by atomic mass is 16.5. The highest BCUT2D eigenvalue weighted by molar-refractivity contribution is 4.95. The normalized spacial score (nSPS) is 28.8. The fraction of sp³-hybridized carbons (Fsp3) is 0.846. The number of fused-ring (bicyclic) bond motifs is 1. The van der Waals surface area contributed by atoms with Crippen LogP contribution < -0.4 is 5.32 Å². The molecule has 2 unspecified atom stereocenters. The van der Waals surface area contributed by atoms with E-state index in [9.17, 15) is 0 Å². The van der Waals surface area contributed by atoms with Crippen LogP contribution in [0.1, 0.15) is 44.3 Å². The first-order chi connectivity index (χ1) is 8.72. The second kappa shape index (κ2) is 4.97. The zero-order valence-electron chi connectivity index (χ0n) is 11.2. The van der Waals surface area contributed by atoms with Crippen molar-refractivity contribution < 1.29 is 4.52 Å². The van der Waals surface area contributed by atoms with Gasteiger partial charge < -0.3 is 9.84 Å². The molecule has 0 saturated carbocycles. The molecule has 1 N–H and O–H groups in total. The smallest absolute Gasteiger partial charge is 0.229 e. The Morgan fingerprint density at radius 1 is 1.44 bits per heavy atom. The van der Waals surface area contributed by atoms with Gasteiger partial charge in [0.2, 0.25) is 5.89 Å². The maximum atomic E-state index is 5.25. The Hall–Kier alpha value is -0.940. The van der Waals surface area contributed by atoms with Gasteiger partial charge in [-0.05, 0) is 25.3 Å².